The zero-order valence-corrected chi connectivity index (χ0v) is 11.5. The maximum absolute atomic E-state index is 12.5. The van der Waals surface area contributed by atoms with Gasteiger partial charge in [0.05, 0.1) is 17.8 Å². The Morgan fingerprint density at radius 1 is 1.45 bits per heavy atom. The van der Waals surface area contributed by atoms with Crippen LogP contribution in [0.4, 0.5) is 0 Å². The molecular formula is C15H18N4O. The average molecular weight is 270 g/mol. The van der Waals surface area contributed by atoms with Crippen LogP contribution in [0.15, 0.2) is 43.2 Å². The first-order chi connectivity index (χ1) is 9.70. The molecule has 20 heavy (non-hydrogen) atoms. The lowest BCUT2D eigenvalue weighted by Gasteiger charge is -2.20. The van der Waals surface area contributed by atoms with Gasteiger partial charge in [-0.05, 0) is 31.4 Å². The highest BCUT2D eigenvalue weighted by atomic mass is 16.2. The smallest absolute Gasteiger partial charge is 0.228 e. The minimum Gasteiger partial charge on any atom is -0.349 e. The van der Waals surface area contributed by atoms with Gasteiger partial charge in [0, 0.05) is 31.3 Å². The number of pyridine rings is 1. The number of rotatable bonds is 5. The summed E-state index contributed by atoms with van der Waals surface area (Å²) in [6, 6.07) is 3.85. The van der Waals surface area contributed by atoms with Gasteiger partial charge in [-0.1, -0.05) is 6.07 Å². The summed E-state index contributed by atoms with van der Waals surface area (Å²) < 4.78 is 1.97. The molecular weight excluding hydrogens is 252 g/mol. The topological polar surface area (TPSA) is 59.8 Å². The van der Waals surface area contributed by atoms with Crippen molar-refractivity contribution in [1.29, 1.82) is 0 Å². The first-order valence-corrected chi connectivity index (χ1v) is 6.86. The number of hydrogen-bond acceptors (Lipinski definition) is 3. The van der Waals surface area contributed by atoms with Crippen LogP contribution in [0.3, 0.4) is 0 Å². The number of amides is 1. The van der Waals surface area contributed by atoms with Gasteiger partial charge in [-0.15, -0.1) is 0 Å². The Bertz CT molecular complexity index is 575. The molecule has 104 valence electrons. The summed E-state index contributed by atoms with van der Waals surface area (Å²) in [7, 11) is 0. The quantitative estimate of drug-likeness (QED) is 0.903. The molecule has 1 fully saturated rings. The Kier molecular flexibility index (Phi) is 3.26. The third-order valence-corrected chi connectivity index (χ3v) is 3.91. The van der Waals surface area contributed by atoms with Crippen molar-refractivity contribution in [3.8, 4) is 0 Å². The van der Waals surface area contributed by atoms with E-state index in [-0.39, 0.29) is 17.4 Å². The maximum Gasteiger partial charge on any atom is 0.228 e. The van der Waals surface area contributed by atoms with Crippen molar-refractivity contribution < 1.29 is 4.79 Å². The lowest BCUT2D eigenvalue weighted by atomic mass is 10.0. The van der Waals surface area contributed by atoms with Crippen LogP contribution in [0.25, 0.3) is 0 Å². The Balaban J connectivity index is 1.64. The molecule has 0 radical (unpaired) electrons. The molecule has 1 aliphatic rings. The van der Waals surface area contributed by atoms with Gasteiger partial charge in [0.1, 0.15) is 0 Å². The highest BCUT2D eigenvalue weighted by molar-refractivity contribution is 5.85. The van der Waals surface area contributed by atoms with Crippen LogP contribution in [0.2, 0.25) is 0 Å². The van der Waals surface area contributed by atoms with Gasteiger partial charge < -0.3 is 9.88 Å². The fourth-order valence-electron chi connectivity index (χ4n) is 2.40. The van der Waals surface area contributed by atoms with E-state index in [9.17, 15) is 4.79 Å². The largest absolute Gasteiger partial charge is 0.349 e. The fraction of sp³-hybridized carbons (Fsp3) is 0.400. The van der Waals surface area contributed by atoms with Crippen molar-refractivity contribution in [3.05, 3.63) is 48.8 Å². The summed E-state index contributed by atoms with van der Waals surface area (Å²) >= 11 is 0. The number of imidazole rings is 1. The van der Waals surface area contributed by atoms with Gasteiger partial charge in [0.2, 0.25) is 5.91 Å². The monoisotopic (exact) mass is 270 g/mol. The van der Waals surface area contributed by atoms with Crippen molar-refractivity contribution >= 4 is 5.91 Å². The second-order valence-corrected chi connectivity index (χ2v) is 5.50. The third kappa shape index (κ3) is 2.57. The predicted molar refractivity (Wildman–Crippen MR) is 74.7 cm³/mol. The fourth-order valence-corrected chi connectivity index (χ4v) is 2.40. The molecule has 1 saturated carbocycles. The van der Waals surface area contributed by atoms with Crippen LogP contribution in [-0.4, -0.2) is 20.4 Å². The van der Waals surface area contributed by atoms with Crippen molar-refractivity contribution in [1.82, 2.24) is 19.9 Å². The first-order valence-electron chi connectivity index (χ1n) is 6.86. The maximum atomic E-state index is 12.5. The van der Waals surface area contributed by atoms with E-state index < -0.39 is 0 Å². The molecule has 3 rings (SSSR count). The third-order valence-electron chi connectivity index (χ3n) is 3.91. The standard InChI is InChI=1S/C15H18N4O/c1-12(13-3-2-6-16-9-13)18-14(20)15(4-5-15)10-19-8-7-17-11-19/h2-3,6-9,11-12H,4-5,10H2,1H3,(H,18,20). The number of carbonyl (C=O) groups is 1. The molecule has 1 unspecified atom stereocenters. The van der Waals surface area contributed by atoms with Crippen LogP contribution in [-0.2, 0) is 11.3 Å². The zero-order chi connectivity index (χ0) is 14.0. The lowest BCUT2D eigenvalue weighted by Crippen LogP contribution is -2.36. The highest BCUT2D eigenvalue weighted by Crippen LogP contribution is 2.47. The SMILES string of the molecule is CC(NC(=O)C1(Cn2ccnc2)CC1)c1cccnc1. The molecule has 0 aliphatic heterocycles. The second-order valence-electron chi connectivity index (χ2n) is 5.50. The van der Waals surface area contributed by atoms with Gasteiger partial charge in [-0.2, -0.15) is 0 Å². The Morgan fingerprint density at radius 2 is 2.30 bits per heavy atom. The summed E-state index contributed by atoms with van der Waals surface area (Å²) in [6.45, 7) is 2.70. The minimum absolute atomic E-state index is 0.0172. The summed E-state index contributed by atoms with van der Waals surface area (Å²) in [5, 5.41) is 3.10. The molecule has 2 heterocycles. The van der Waals surface area contributed by atoms with Gasteiger partial charge in [-0.3, -0.25) is 9.78 Å². The van der Waals surface area contributed by atoms with Crippen LogP contribution in [0.5, 0.6) is 0 Å². The molecule has 2 aromatic rings. The number of carbonyl (C=O) groups excluding carboxylic acids is 1. The van der Waals surface area contributed by atoms with Crippen molar-refractivity contribution in [2.45, 2.75) is 32.4 Å². The Morgan fingerprint density at radius 3 is 2.90 bits per heavy atom. The van der Waals surface area contributed by atoms with Crippen molar-refractivity contribution in [3.63, 3.8) is 0 Å². The van der Waals surface area contributed by atoms with Crippen molar-refractivity contribution in [2.75, 3.05) is 0 Å². The van der Waals surface area contributed by atoms with Gasteiger partial charge in [0.25, 0.3) is 0 Å². The average Bonchev–Trinajstić information content (AvgIpc) is 3.07. The van der Waals surface area contributed by atoms with E-state index in [4.69, 9.17) is 0 Å². The van der Waals surface area contributed by atoms with E-state index in [2.05, 4.69) is 15.3 Å². The van der Waals surface area contributed by atoms with Gasteiger partial charge in [0.15, 0.2) is 0 Å². The Labute approximate surface area is 118 Å². The Hall–Kier alpha value is -2.17. The molecule has 2 aromatic heterocycles. The van der Waals surface area contributed by atoms with E-state index in [0.29, 0.717) is 6.54 Å². The highest BCUT2D eigenvalue weighted by Gasteiger charge is 2.50. The van der Waals surface area contributed by atoms with Crippen molar-refractivity contribution in [2.24, 2.45) is 5.41 Å². The first kappa shape index (κ1) is 12.8. The minimum atomic E-state index is -0.253. The predicted octanol–water partition coefficient (Wildman–Crippen LogP) is 1.94. The summed E-state index contributed by atoms with van der Waals surface area (Å²) in [6.07, 6.45) is 10.8. The van der Waals surface area contributed by atoms with E-state index in [0.717, 1.165) is 18.4 Å². The van der Waals surface area contributed by atoms with Gasteiger partial charge in [-0.25, -0.2) is 4.98 Å². The molecule has 0 aromatic carbocycles. The summed E-state index contributed by atoms with van der Waals surface area (Å²) in [4.78, 5) is 20.6. The summed E-state index contributed by atoms with van der Waals surface area (Å²) in [5.41, 5.74) is 0.774. The molecule has 1 N–H and O–H groups in total. The van der Waals surface area contributed by atoms with E-state index in [1.165, 1.54) is 0 Å². The molecule has 1 amide bonds. The molecule has 5 heteroatoms. The second kappa shape index (κ2) is 5.07. The molecule has 0 spiro atoms. The van der Waals surface area contributed by atoms with Crippen LogP contribution in [0.1, 0.15) is 31.4 Å². The molecule has 0 bridgehead atoms. The van der Waals surface area contributed by atoms with E-state index >= 15 is 0 Å². The molecule has 5 nitrogen and oxygen atoms in total. The molecule has 1 aliphatic carbocycles. The van der Waals surface area contributed by atoms with E-state index in [1.807, 2.05) is 29.8 Å². The number of hydrogen-bond donors (Lipinski definition) is 1. The number of nitrogens with one attached hydrogen (secondary N) is 1. The molecule has 0 saturated heterocycles. The normalized spacial score (nSPS) is 17.4. The summed E-state index contributed by atoms with van der Waals surface area (Å²) in [5.74, 6) is 0.127. The molecule has 1 atom stereocenters. The zero-order valence-electron chi connectivity index (χ0n) is 11.5. The van der Waals surface area contributed by atoms with Gasteiger partial charge >= 0.3 is 0 Å². The number of nitrogens with zero attached hydrogens (tertiary/aromatic N) is 3. The van der Waals surface area contributed by atoms with Crippen LogP contribution in [0, 0.1) is 5.41 Å². The lowest BCUT2D eigenvalue weighted by molar-refractivity contribution is -0.127. The van der Waals surface area contributed by atoms with Crippen LogP contribution < -0.4 is 5.32 Å². The van der Waals surface area contributed by atoms with Crippen LogP contribution >= 0.6 is 0 Å². The number of aromatic nitrogens is 3. The van der Waals surface area contributed by atoms with E-state index in [1.54, 1.807) is 24.9 Å².